The molecule has 2 atom stereocenters. The van der Waals surface area contributed by atoms with Gasteiger partial charge in [0, 0.05) is 23.9 Å². The number of nitrogens with two attached hydrogens (primary N) is 1. The third-order valence-corrected chi connectivity index (χ3v) is 5.83. The molecular weight excluding hydrogens is 400 g/mol. The zero-order valence-electron chi connectivity index (χ0n) is 17.8. The Morgan fingerprint density at radius 1 is 1.29 bits per heavy atom. The molecule has 2 aromatic rings. The average Bonchev–Trinajstić information content (AvgIpc) is 3.28. The maximum Gasteiger partial charge on any atom is 0.340 e. The van der Waals surface area contributed by atoms with Crippen LogP contribution in [-0.2, 0) is 20.8 Å². The van der Waals surface area contributed by atoms with E-state index in [4.69, 9.17) is 24.7 Å². The number of carbonyl (C=O) groups excluding carboxylic acids is 1. The molecule has 0 saturated carbocycles. The summed E-state index contributed by atoms with van der Waals surface area (Å²) in [7, 11) is 2.80. The number of esters is 1. The van der Waals surface area contributed by atoms with Crippen molar-refractivity contribution in [1.82, 2.24) is 4.57 Å². The van der Waals surface area contributed by atoms with Gasteiger partial charge in [0.1, 0.15) is 17.1 Å². The second kappa shape index (κ2) is 8.47. The van der Waals surface area contributed by atoms with E-state index in [0.717, 1.165) is 18.5 Å². The minimum Gasteiger partial charge on any atom is -0.496 e. The molecule has 0 amide bonds. The molecule has 2 aliphatic heterocycles. The van der Waals surface area contributed by atoms with Crippen molar-refractivity contribution >= 4 is 5.97 Å². The molecule has 1 saturated heterocycles. The average molecular weight is 426 g/mol. The van der Waals surface area contributed by atoms with Gasteiger partial charge in [-0.2, -0.15) is 0 Å². The SMILES string of the molecule is COC(=O)C1=C(N)Oc2cc(C)n(C[C@H]3CCCO3)c(=O)c2[C@H]1c1ccccc1OC. The lowest BCUT2D eigenvalue weighted by molar-refractivity contribution is -0.136. The lowest BCUT2D eigenvalue weighted by Crippen LogP contribution is -2.36. The standard InChI is InChI=1S/C23H26N2O6/c1-13-11-17-19(22(26)25(13)12-14-7-6-10-30-14)18(15-8-4-5-9-16(15)28-2)20(21(24)31-17)23(27)29-3/h4-5,8-9,11,14,18H,6-7,10,12,24H2,1-3H3/t14-,18-/m1/s1. The second-order valence-electron chi connectivity index (χ2n) is 7.66. The molecule has 0 unspecified atom stereocenters. The van der Waals surface area contributed by atoms with Crippen molar-refractivity contribution in [2.24, 2.45) is 5.73 Å². The molecule has 1 aromatic heterocycles. The fourth-order valence-electron chi connectivity index (χ4n) is 4.33. The summed E-state index contributed by atoms with van der Waals surface area (Å²) in [5, 5.41) is 0. The number of rotatable bonds is 5. The quantitative estimate of drug-likeness (QED) is 0.732. The number of aryl methyl sites for hydroxylation is 1. The molecule has 31 heavy (non-hydrogen) atoms. The zero-order chi connectivity index (χ0) is 22.1. The van der Waals surface area contributed by atoms with Crippen LogP contribution in [0.3, 0.4) is 0 Å². The van der Waals surface area contributed by atoms with Crippen LogP contribution in [0.4, 0.5) is 0 Å². The molecule has 8 heteroatoms. The van der Waals surface area contributed by atoms with E-state index in [0.29, 0.717) is 35.8 Å². The smallest absolute Gasteiger partial charge is 0.340 e. The molecule has 0 bridgehead atoms. The van der Waals surface area contributed by atoms with Crippen LogP contribution < -0.4 is 20.8 Å². The topological polar surface area (TPSA) is 102 Å². The Bertz CT molecular complexity index is 1100. The molecule has 164 valence electrons. The fraction of sp³-hybridized carbons (Fsp3) is 0.391. The van der Waals surface area contributed by atoms with Gasteiger partial charge in [0.2, 0.25) is 5.88 Å². The Morgan fingerprint density at radius 2 is 2.06 bits per heavy atom. The van der Waals surface area contributed by atoms with Crippen LogP contribution in [-0.4, -0.2) is 37.5 Å². The van der Waals surface area contributed by atoms with Gasteiger partial charge in [-0.25, -0.2) is 4.79 Å². The number of fused-ring (bicyclic) bond motifs is 1. The Kier molecular flexibility index (Phi) is 5.73. The molecule has 1 fully saturated rings. The monoisotopic (exact) mass is 426 g/mol. The Labute approximate surface area is 180 Å². The fourth-order valence-corrected chi connectivity index (χ4v) is 4.33. The highest BCUT2D eigenvalue weighted by Crippen LogP contribution is 2.44. The summed E-state index contributed by atoms with van der Waals surface area (Å²) < 4.78 is 23.7. The van der Waals surface area contributed by atoms with Gasteiger partial charge in [-0.05, 0) is 25.8 Å². The van der Waals surface area contributed by atoms with E-state index in [-0.39, 0.29) is 23.1 Å². The number of benzene rings is 1. The van der Waals surface area contributed by atoms with Gasteiger partial charge in [0.05, 0.1) is 38.3 Å². The lowest BCUT2D eigenvalue weighted by Gasteiger charge is -2.30. The molecule has 2 aliphatic rings. The predicted molar refractivity (Wildman–Crippen MR) is 113 cm³/mol. The first kappa shape index (κ1) is 21.0. The van der Waals surface area contributed by atoms with Crippen molar-refractivity contribution in [3.63, 3.8) is 0 Å². The summed E-state index contributed by atoms with van der Waals surface area (Å²) in [6, 6.07) is 8.98. The summed E-state index contributed by atoms with van der Waals surface area (Å²) in [6.45, 7) is 2.97. The Morgan fingerprint density at radius 3 is 2.74 bits per heavy atom. The van der Waals surface area contributed by atoms with Crippen LogP contribution in [0.25, 0.3) is 0 Å². The van der Waals surface area contributed by atoms with Gasteiger partial charge in [-0.15, -0.1) is 0 Å². The number of aromatic nitrogens is 1. The Hall–Kier alpha value is -3.26. The predicted octanol–water partition coefficient (Wildman–Crippen LogP) is 2.21. The largest absolute Gasteiger partial charge is 0.496 e. The van der Waals surface area contributed by atoms with Crippen molar-refractivity contribution < 1.29 is 23.7 Å². The Balaban J connectivity index is 1.95. The highest BCUT2D eigenvalue weighted by Gasteiger charge is 2.39. The third-order valence-electron chi connectivity index (χ3n) is 5.83. The van der Waals surface area contributed by atoms with E-state index >= 15 is 0 Å². The van der Waals surface area contributed by atoms with Gasteiger partial charge in [0.25, 0.3) is 5.56 Å². The molecule has 2 N–H and O–H groups in total. The summed E-state index contributed by atoms with van der Waals surface area (Å²) in [5.74, 6) is -0.695. The van der Waals surface area contributed by atoms with E-state index in [1.807, 2.05) is 19.1 Å². The normalized spacial score (nSPS) is 20.2. The number of nitrogens with zero attached hydrogens (tertiary/aromatic N) is 1. The van der Waals surface area contributed by atoms with Crippen molar-refractivity contribution in [1.29, 1.82) is 0 Å². The molecule has 3 heterocycles. The minimum atomic E-state index is -0.795. The summed E-state index contributed by atoms with van der Waals surface area (Å²) in [6.07, 6.45) is 1.85. The van der Waals surface area contributed by atoms with E-state index in [2.05, 4.69) is 0 Å². The lowest BCUT2D eigenvalue weighted by atomic mass is 9.83. The molecule has 1 aromatic carbocycles. The van der Waals surface area contributed by atoms with E-state index in [9.17, 15) is 9.59 Å². The maximum atomic E-state index is 13.7. The second-order valence-corrected chi connectivity index (χ2v) is 7.66. The summed E-state index contributed by atoms with van der Waals surface area (Å²) in [5.41, 5.74) is 7.64. The van der Waals surface area contributed by atoms with Crippen LogP contribution in [0.15, 0.2) is 46.6 Å². The van der Waals surface area contributed by atoms with Gasteiger partial charge >= 0.3 is 5.97 Å². The highest BCUT2D eigenvalue weighted by molar-refractivity contribution is 5.92. The van der Waals surface area contributed by atoms with Gasteiger partial charge in [-0.3, -0.25) is 4.79 Å². The molecular formula is C23H26N2O6. The minimum absolute atomic E-state index is 0.0237. The first-order valence-corrected chi connectivity index (χ1v) is 10.2. The van der Waals surface area contributed by atoms with Crippen molar-refractivity contribution in [3.8, 4) is 11.5 Å². The van der Waals surface area contributed by atoms with Crippen molar-refractivity contribution in [2.75, 3.05) is 20.8 Å². The summed E-state index contributed by atoms with van der Waals surface area (Å²) >= 11 is 0. The molecule has 4 rings (SSSR count). The summed E-state index contributed by atoms with van der Waals surface area (Å²) in [4.78, 5) is 26.4. The molecule has 0 spiro atoms. The molecule has 0 radical (unpaired) electrons. The maximum absolute atomic E-state index is 13.7. The number of methoxy groups -OCH3 is 2. The van der Waals surface area contributed by atoms with Crippen LogP contribution in [0.2, 0.25) is 0 Å². The number of ether oxygens (including phenoxy) is 4. The van der Waals surface area contributed by atoms with Crippen LogP contribution >= 0.6 is 0 Å². The van der Waals surface area contributed by atoms with Crippen LogP contribution in [0.1, 0.15) is 35.6 Å². The van der Waals surface area contributed by atoms with Crippen LogP contribution in [0, 0.1) is 6.92 Å². The first-order valence-electron chi connectivity index (χ1n) is 10.2. The molecule has 0 aliphatic carbocycles. The van der Waals surface area contributed by atoms with Crippen molar-refractivity contribution in [2.45, 2.75) is 38.3 Å². The molecule has 8 nitrogen and oxygen atoms in total. The van der Waals surface area contributed by atoms with E-state index in [1.165, 1.54) is 14.2 Å². The van der Waals surface area contributed by atoms with E-state index in [1.54, 1.807) is 22.8 Å². The van der Waals surface area contributed by atoms with Crippen molar-refractivity contribution in [3.05, 3.63) is 69.0 Å². The number of carbonyl (C=O) groups is 1. The highest BCUT2D eigenvalue weighted by atomic mass is 16.5. The zero-order valence-corrected chi connectivity index (χ0v) is 17.8. The number of hydrogen-bond donors (Lipinski definition) is 1. The third kappa shape index (κ3) is 3.67. The first-order chi connectivity index (χ1) is 15.0. The van der Waals surface area contributed by atoms with Gasteiger partial charge in [0.15, 0.2) is 0 Å². The number of para-hydroxylation sites is 1. The van der Waals surface area contributed by atoms with E-state index < -0.39 is 11.9 Å². The van der Waals surface area contributed by atoms with Crippen LogP contribution in [0.5, 0.6) is 11.5 Å². The number of pyridine rings is 1. The number of hydrogen-bond acceptors (Lipinski definition) is 7. The van der Waals surface area contributed by atoms with Gasteiger partial charge in [-0.1, -0.05) is 18.2 Å². The van der Waals surface area contributed by atoms with Gasteiger partial charge < -0.3 is 29.2 Å².